The van der Waals surface area contributed by atoms with Gasteiger partial charge in [-0.05, 0) is 67.3 Å². The van der Waals surface area contributed by atoms with Crippen LogP contribution in [0.2, 0.25) is 0 Å². The quantitative estimate of drug-likeness (QED) is 0.688. The zero-order valence-corrected chi connectivity index (χ0v) is 18.5. The lowest BCUT2D eigenvalue weighted by Crippen LogP contribution is -2.38. The average molecular weight is 423 g/mol. The Bertz CT molecular complexity index is 1070. The van der Waals surface area contributed by atoms with Crippen molar-refractivity contribution >= 4 is 15.7 Å². The summed E-state index contributed by atoms with van der Waals surface area (Å²) in [6.45, 7) is 5.56. The summed E-state index contributed by atoms with van der Waals surface area (Å²) in [4.78, 5) is 0.436. The highest BCUT2D eigenvalue weighted by Gasteiger charge is 2.39. The van der Waals surface area contributed by atoms with Crippen LogP contribution in [0.3, 0.4) is 0 Å². The van der Waals surface area contributed by atoms with Gasteiger partial charge in [0.1, 0.15) is 0 Å². The summed E-state index contributed by atoms with van der Waals surface area (Å²) in [6.07, 6.45) is 7.41. The Morgan fingerprint density at radius 3 is 2.50 bits per heavy atom. The van der Waals surface area contributed by atoms with Crippen LogP contribution in [0.25, 0.3) is 0 Å². The van der Waals surface area contributed by atoms with Gasteiger partial charge < -0.3 is 5.32 Å². The molecule has 0 saturated carbocycles. The van der Waals surface area contributed by atoms with Crippen LogP contribution in [0.5, 0.6) is 0 Å². The van der Waals surface area contributed by atoms with Crippen molar-refractivity contribution in [1.29, 1.82) is 0 Å². The number of allylic oxidation sites excluding steroid dienone is 2. The number of hydrogen-bond donors (Lipinski definition) is 1. The second kappa shape index (κ2) is 7.54. The maximum Gasteiger partial charge on any atom is 0.243 e. The van der Waals surface area contributed by atoms with Crippen molar-refractivity contribution in [3.63, 3.8) is 0 Å². The first kappa shape index (κ1) is 19.8. The molecular weight excluding hydrogens is 392 g/mol. The molecule has 2 heterocycles. The van der Waals surface area contributed by atoms with Gasteiger partial charge in [0.2, 0.25) is 10.0 Å². The van der Waals surface area contributed by atoms with E-state index >= 15 is 0 Å². The van der Waals surface area contributed by atoms with Crippen LogP contribution in [0.15, 0.2) is 59.5 Å². The van der Waals surface area contributed by atoms with Gasteiger partial charge >= 0.3 is 0 Å². The molecule has 0 spiro atoms. The number of fused-ring (bicyclic) bond motifs is 3. The van der Waals surface area contributed by atoms with Gasteiger partial charge in [0.05, 0.1) is 10.9 Å². The minimum atomic E-state index is -3.44. The number of nitrogens with one attached hydrogen (secondary N) is 1. The topological polar surface area (TPSA) is 49.4 Å². The molecule has 3 aliphatic rings. The van der Waals surface area contributed by atoms with Crippen molar-refractivity contribution in [3.05, 3.63) is 71.3 Å². The molecule has 2 aromatic carbocycles. The molecule has 0 bridgehead atoms. The number of sulfonamides is 1. The molecule has 1 fully saturated rings. The van der Waals surface area contributed by atoms with Crippen LogP contribution in [0, 0.1) is 18.8 Å². The summed E-state index contributed by atoms with van der Waals surface area (Å²) >= 11 is 0. The summed E-state index contributed by atoms with van der Waals surface area (Å²) < 4.78 is 28.2. The van der Waals surface area contributed by atoms with Gasteiger partial charge in [-0.3, -0.25) is 0 Å². The average Bonchev–Trinajstić information content (AvgIpc) is 3.24. The molecule has 30 heavy (non-hydrogen) atoms. The van der Waals surface area contributed by atoms with Gasteiger partial charge in [-0.2, -0.15) is 4.31 Å². The van der Waals surface area contributed by atoms with E-state index in [-0.39, 0.29) is 12.0 Å². The van der Waals surface area contributed by atoms with Gasteiger partial charge in [0.25, 0.3) is 0 Å². The summed E-state index contributed by atoms with van der Waals surface area (Å²) in [5, 5.41) is 3.72. The van der Waals surface area contributed by atoms with Gasteiger partial charge in [0, 0.05) is 24.7 Å². The Balaban J connectivity index is 1.48. The molecule has 0 aromatic heterocycles. The molecule has 2 aliphatic heterocycles. The van der Waals surface area contributed by atoms with E-state index in [0.29, 0.717) is 29.8 Å². The first-order valence-corrected chi connectivity index (χ1v) is 12.5. The summed E-state index contributed by atoms with van der Waals surface area (Å²) in [5.74, 6) is 1.27. The molecule has 3 atom stereocenters. The lowest BCUT2D eigenvalue weighted by Gasteiger charge is -2.38. The Morgan fingerprint density at radius 1 is 1.03 bits per heavy atom. The first-order chi connectivity index (χ1) is 14.4. The number of aryl methyl sites for hydroxylation is 1. The minimum Gasteiger partial charge on any atom is -0.378 e. The molecule has 2 aromatic rings. The lowest BCUT2D eigenvalue weighted by atomic mass is 9.77. The third-order valence-corrected chi connectivity index (χ3v) is 9.05. The zero-order valence-electron chi connectivity index (χ0n) is 17.7. The second-order valence-electron chi connectivity index (χ2n) is 9.22. The third kappa shape index (κ3) is 3.38. The first-order valence-electron chi connectivity index (χ1n) is 11.1. The van der Waals surface area contributed by atoms with Gasteiger partial charge in [-0.1, -0.05) is 48.9 Å². The summed E-state index contributed by atoms with van der Waals surface area (Å²) in [6, 6.07) is 14.7. The van der Waals surface area contributed by atoms with Crippen LogP contribution in [0.1, 0.15) is 54.8 Å². The zero-order chi connectivity index (χ0) is 20.9. The molecule has 0 amide bonds. The number of piperidine rings is 1. The number of anilines is 1. The van der Waals surface area contributed by atoms with E-state index in [9.17, 15) is 8.42 Å². The highest BCUT2D eigenvalue weighted by atomic mass is 32.2. The van der Waals surface area contributed by atoms with Crippen LogP contribution in [0.4, 0.5) is 5.69 Å². The van der Waals surface area contributed by atoms with E-state index in [1.54, 1.807) is 10.4 Å². The fourth-order valence-electron chi connectivity index (χ4n) is 5.21. The highest BCUT2D eigenvalue weighted by molar-refractivity contribution is 7.89. The Labute approximate surface area is 180 Å². The number of hydrogen-bond acceptors (Lipinski definition) is 3. The third-order valence-electron chi connectivity index (χ3n) is 7.15. The molecule has 4 nitrogen and oxygen atoms in total. The Kier molecular flexibility index (Phi) is 4.98. The van der Waals surface area contributed by atoms with Crippen molar-refractivity contribution in [3.8, 4) is 0 Å². The fourth-order valence-corrected chi connectivity index (χ4v) is 6.72. The maximum atomic E-state index is 13.3. The number of rotatable bonds is 3. The van der Waals surface area contributed by atoms with Crippen LogP contribution in [-0.2, 0) is 10.0 Å². The Morgan fingerprint density at radius 2 is 1.77 bits per heavy atom. The maximum absolute atomic E-state index is 13.3. The van der Waals surface area contributed by atoms with Crippen LogP contribution < -0.4 is 5.32 Å². The van der Waals surface area contributed by atoms with Gasteiger partial charge in [0.15, 0.2) is 0 Å². The second-order valence-corrected chi connectivity index (χ2v) is 11.2. The molecule has 1 N–H and O–H groups in total. The fraction of sp³-hybridized carbons (Fsp3) is 0.440. The van der Waals surface area contributed by atoms with Crippen molar-refractivity contribution in [1.82, 2.24) is 4.31 Å². The van der Waals surface area contributed by atoms with Gasteiger partial charge in [-0.25, -0.2) is 8.42 Å². The number of nitrogens with zero attached hydrogens (tertiary/aromatic N) is 1. The largest absolute Gasteiger partial charge is 0.378 e. The highest BCUT2D eigenvalue weighted by Crippen LogP contribution is 2.50. The predicted octanol–water partition coefficient (Wildman–Crippen LogP) is 5.24. The molecule has 3 unspecified atom stereocenters. The molecular formula is C25H30N2O2S. The van der Waals surface area contributed by atoms with E-state index in [1.807, 2.05) is 12.1 Å². The van der Waals surface area contributed by atoms with Crippen molar-refractivity contribution in [2.24, 2.45) is 11.8 Å². The molecule has 1 saturated heterocycles. The standard InChI is InChI=1S/C25H30N2O2S/c1-17-6-8-19(9-7-17)25-22-5-3-4-21(22)23-16-20(10-11-24(23)26-25)30(28,29)27-14-12-18(2)13-15-27/h3-4,6-11,16,18,21-22,25-26H,5,12-15H2,1-2H3. The SMILES string of the molecule is Cc1ccc(C2Nc3ccc(S(=O)(=O)N4CCC(C)CC4)cc3C3C=CCC32)cc1. The summed E-state index contributed by atoms with van der Waals surface area (Å²) in [7, 11) is -3.44. The monoisotopic (exact) mass is 422 g/mol. The van der Waals surface area contributed by atoms with Crippen molar-refractivity contribution < 1.29 is 8.42 Å². The number of benzene rings is 2. The van der Waals surface area contributed by atoms with E-state index in [0.717, 1.165) is 30.5 Å². The lowest BCUT2D eigenvalue weighted by molar-refractivity contribution is 0.288. The Hall–Kier alpha value is -2.11. The van der Waals surface area contributed by atoms with E-state index < -0.39 is 10.0 Å². The molecule has 1 aliphatic carbocycles. The van der Waals surface area contributed by atoms with Gasteiger partial charge in [-0.15, -0.1) is 0 Å². The summed E-state index contributed by atoms with van der Waals surface area (Å²) in [5.41, 5.74) is 4.73. The molecule has 0 radical (unpaired) electrons. The van der Waals surface area contributed by atoms with E-state index in [1.165, 1.54) is 11.1 Å². The minimum absolute atomic E-state index is 0.240. The van der Waals surface area contributed by atoms with E-state index in [2.05, 4.69) is 55.6 Å². The van der Waals surface area contributed by atoms with Crippen LogP contribution in [-0.4, -0.2) is 25.8 Å². The predicted molar refractivity (Wildman–Crippen MR) is 121 cm³/mol. The van der Waals surface area contributed by atoms with Crippen LogP contribution >= 0.6 is 0 Å². The smallest absolute Gasteiger partial charge is 0.243 e. The normalized spacial score (nSPS) is 26.8. The van der Waals surface area contributed by atoms with E-state index in [4.69, 9.17) is 0 Å². The molecule has 5 heteroatoms. The van der Waals surface area contributed by atoms with Crippen molar-refractivity contribution in [2.75, 3.05) is 18.4 Å². The molecule has 158 valence electrons. The van der Waals surface area contributed by atoms with Crippen molar-refractivity contribution in [2.45, 2.75) is 50.0 Å². The molecule has 5 rings (SSSR count).